The molecule has 3 heteroatoms. The Bertz CT molecular complexity index is 834. The molecule has 108 valence electrons. The van der Waals surface area contributed by atoms with Crippen LogP contribution in [-0.4, -0.2) is 9.55 Å². The molecular weight excluding hydrogens is 258 g/mol. The minimum atomic E-state index is 0.802. The minimum Gasteiger partial charge on any atom is -0.398 e. The van der Waals surface area contributed by atoms with Crippen molar-refractivity contribution in [3.63, 3.8) is 0 Å². The predicted molar refractivity (Wildman–Crippen MR) is 89.2 cm³/mol. The van der Waals surface area contributed by atoms with E-state index < -0.39 is 0 Å². The van der Waals surface area contributed by atoms with Crippen molar-refractivity contribution >= 4 is 16.7 Å². The Kier molecular flexibility index (Phi) is 3.01. The number of anilines is 1. The van der Waals surface area contributed by atoms with Crippen molar-refractivity contribution < 1.29 is 0 Å². The number of nitrogens with two attached hydrogens (primary N) is 1. The fourth-order valence-electron chi connectivity index (χ4n) is 3.30. The molecule has 0 atom stereocenters. The van der Waals surface area contributed by atoms with Gasteiger partial charge in [-0.25, -0.2) is 4.98 Å². The Balaban J connectivity index is 2.42. The number of nitrogens with zero attached hydrogens (tertiary/aromatic N) is 2. The van der Waals surface area contributed by atoms with Gasteiger partial charge < -0.3 is 10.3 Å². The van der Waals surface area contributed by atoms with Gasteiger partial charge in [0.15, 0.2) is 0 Å². The number of hydrogen-bond acceptors (Lipinski definition) is 2. The summed E-state index contributed by atoms with van der Waals surface area (Å²) in [6.45, 7) is 10.5. The van der Waals surface area contributed by atoms with Gasteiger partial charge in [0.2, 0.25) is 0 Å². The number of pyridine rings is 1. The SMILES string of the molecule is Cc1cc(C)c(-n2cc(C)c3c(N)cc(C)nc32)c(C)c1. The van der Waals surface area contributed by atoms with E-state index in [1.807, 2.05) is 13.0 Å². The summed E-state index contributed by atoms with van der Waals surface area (Å²) in [5.74, 6) is 0. The maximum absolute atomic E-state index is 6.20. The lowest BCUT2D eigenvalue weighted by Gasteiger charge is -2.14. The van der Waals surface area contributed by atoms with Crippen LogP contribution in [0.4, 0.5) is 5.69 Å². The van der Waals surface area contributed by atoms with Crippen LogP contribution in [0.3, 0.4) is 0 Å². The van der Waals surface area contributed by atoms with Gasteiger partial charge in [-0.2, -0.15) is 0 Å². The van der Waals surface area contributed by atoms with Gasteiger partial charge in [0, 0.05) is 23.0 Å². The second-order valence-corrected chi connectivity index (χ2v) is 5.98. The van der Waals surface area contributed by atoms with Crippen LogP contribution in [0.1, 0.15) is 27.9 Å². The molecule has 3 aromatic rings. The Morgan fingerprint density at radius 3 is 2.14 bits per heavy atom. The zero-order valence-electron chi connectivity index (χ0n) is 13.3. The molecule has 2 N–H and O–H groups in total. The Labute approximate surface area is 125 Å². The van der Waals surface area contributed by atoms with Gasteiger partial charge in [0.05, 0.1) is 5.69 Å². The van der Waals surface area contributed by atoms with Crippen LogP contribution in [0.5, 0.6) is 0 Å². The van der Waals surface area contributed by atoms with Gasteiger partial charge in [-0.1, -0.05) is 17.7 Å². The number of aryl methyl sites for hydroxylation is 5. The van der Waals surface area contributed by atoms with Gasteiger partial charge in [0.25, 0.3) is 0 Å². The summed E-state index contributed by atoms with van der Waals surface area (Å²) >= 11 is 0. The lowest BCUT2D eigenvalue weighted by atomic mass is 10.1. The molecule has 3 nitrogen and oxygen atoms in total. The van der Waals surface area contributed by atoms with Crippen LogP contribution in [0.15, 0.2) is 24.4 Å². The highest BCUT2D eigenvalue weighted by Gasteiger charge is 2.15. The third kappa shape index (κ3) is 2.09. The second-order valence-electron chi connectivity index (χ2n) is 5.98. The number of aromatic nitrogens is 2. The van der Waals surface area contributed by atoms with E-state index in [0.717, 1.165) is 28.0 Å². The zero-order valence-corrected chi connectivity index (χ0v) is 13.3. The number of rotatable bonds is 1. The third-order valence-electron chi connectivity index (χ3n) is 3.98. The van der Waals surface area contributed by atoms with E-state index in [1.165, 1.54) is 22.4 Å². The Morgan fingerprint density at radius 1 is 0.905 bits per heavy atom. The molecular formula is C18H21N3. The molecule has 0 bridgehead atoms. The van der Waals surface area contributed by atoms with Gasteiger partial charge in [0.1, 0.15) is 5.65 Å². The lowest BCUT2D eigenvalue weighted by molar-refractivity contribution is 1.04. The molecule has 0 amide bonds. The fraction of sp³-hybridized carbons (Fsp3) is 0.278. The lowest BCUT2D eigenvalue weighted by Crippen LogP contribution is -2.02. The van der Waals surface area contributed by atoms with E-state index in [9.17, 15) is 0 Å². The van der Waals surface area contributed by atoms with Crippen LogP contribution in [0.25, 0.3) is 16.7 Å². The summed E-state index contributed by atoms with van der Waals surface area (Å²) in [6.07, 6.45) is 2.14. The van der Waals surface area contributed by atoms with Crippen LogP contribution >= 0.6 is 0 Å². The molecule has 0 aliphatic heterocycles. The van der Waals surface area contributed by atoms with Crippen molar-refractivity contribution in [3.8, 4) is 5.69 Å². The molecule has 0 radical (unpaired) electrons. The highest BCUT2D eigenvalue weighted by Crippen LogP contribution is 2.31. The molecule has 21 heavy (non-hydrogen) atoms. The Morgan fingerprint density at radius 2 is 1.52 bits per heavy atom. The summed E-state index contributed by atoms with van der Waals surface area (Å²) in [5, 5.41) is 1.06. The molecule has 2 aromatic heterocycles. The fourth-order valence-corrected chi connectivity index (χ4v) is 3.30. The maximum Gasteiger partial charge on any atom is 0.147 e. The van der Waals surface area contributed by atoms with Crippen molar-refractivity contribution in [2.45, 2.75) is 34.6 Å². The summed E-state index contributed by atoms with van der Waals surface area (Å²) < 4.78 is 2.18. The van der Waals surface area contributed by atoms with Crippen molar-refractivity contribution in [2.75, 3.05) is 5.73 Å². The Hall–Kier alpha value is -2.29. The van der Waals surface area contributed by atoms with E-state index in [-0.39, 0.29) is 0 Å². The first-order valence-electron chi connectivity index (χ1n) is 7.21. The van der Waals surface area contributed by atoms with Gasteiger partial charge >= 0.3 is 0 Å². The average molecular weight is 279 g/mol. The van der Waals surface area contributed by atoms with Gasteiger partial charge in [-0.15, -0.1) is 0 Å². The monoisotopic (exact) mass is 279 g/mol. The third-order valence-corrected chi connectivity index (χ3v) is 3.98. The van der Waals surface area contributed by atoms with E-state index in [2.05, 4.69) is 50.6 Å². The quantitative estimate of drug-likeness (QED) is 0.727. The van der Waals surface area contributed by atoms with E-state index in [0.29, 0.717) is 0 Å². The molecule has 3 rings (SSSR count). The highest BCUT2D eigenvalue weighted by molar-refractivity contribution is 5.93. The predicted octanol–water partition coefficient (Wildman–Crippen LogP) is 4.15. The molecule has 2 heterocycles. The normalized spacial score (nSPS) is 11.3. The molecule has 0 spiro atoms. The molecule has 0 aliphatic rings. The topological polar surface area (TPSA) is 43.8 Å². The number of fused-ring (bicyclic) bond motifs is 1. The molecule has 1 aromatic carbocycles. The zero-order chi connectivity index (χ0) is 15.3. The van der Waals surface area contributed by atoms with Crippen LogP contribution in [-0.2, 0) is 0 Å². The number of benzene rings is 1. The van der Waals surface area contributed by atoms with Crippen LogP contribution < -0.4 is 5.73 Å². The highest BCUT2D eigenvalue weighted by atomic mass is 15.0. The van der Waals surface area contributed by atoms with Crippen molar-refractivity contribution in [3.05, 3.63) is 52.3 Å². The van der Waals surface area contributed by atoms with Crippen LogP contribution in [0.2, 0.25) is 0 Å². The molecule has 0 aliphatic carbocycles. The van der Waals surface area contributed by atoms with E-state index in [4.69, 9.17) is 10.7 Å². The van der Waals surface area contributed by atoms with E-state index >= 15 is 0 Å². The van der Waals surface area contributed by atoms with Crippen LogP contribution in [0, 0.1) is 34.6 Å². The largest absolute Gasteiger partial charge is 0.398 e. The van der Waals surface area contributed by atoms with Crippen molar-refractivity contribution in [1.82, 2.24) is 9.55 Å². The average Bonchev–Trinajstić information content (AvgIpc) is 2.65. The van der Waals surface area contributed by atoms with Gasteiger partial charge in [-0.3, -0.25) is 0 Å². The molecule has 0 saturated carbocycles. The van der Waals surface area contributed by atoms with Crippen molar-refractivity contribution in [2.24, 2.45) is 0 Å². The first kappa shape index (κ1) is 13.7. The first-order chi connectivity index (χ1) is 9.88. The summed E-state index contributed by atoms with van der Waals surface area (Å²) in [7, 11) is 0. The summed E-state index contributed by atoms with van der Waals surface area (Å²) in [6, 6.07) is 6.36. The minimum absolute atomic E-state index is 0.802. The maximum atomic E-state index is 6.20. The number of hydrogen-bond donors (Lipinski definition) is 1. The standard InChI is InChI=1S/C18H21N3/c1-10-6-11(2)17(12(3)7-10)21-9-13(4)16-15(19)8-14(5)20-18(16)21/h6-9H,1-5H3,(H2,19,20). The first-order valence-corrected chi connectivity index (χ1v) is 7.21. The number of nitrogen functional groups attached to an aromatic ring is 1. The molecule has 0 fully saturated rings. The second kappa shape index (κ2) is 4.62. The van der Waals surface area contributed by atoms with Gasteiger partial charge in [-0.05, 0) is 57.4 Å². The van der Waals surface area contributed by atoms with Crippen molar-refractivity contribution in [1.29, 1.82) is 0 Å². The summed E-state index contributed by atoms with van der Waals surface area (Å²) in [4.78, 5) is 4.72. The molecule has 0 unspecified atom stereocenters. The van der Waals surface area contributed by atoms with E-state index in [1.54, 1.807) is 0 Å². The summed E-state index contributed by atoms with van der Waals surface area (Å²) in [5.41, 5.74) is 15.0. The molecule has 0 saturated heterocycles. The smallest absolute Gasteiger partial charge is 0.147 e.